The van der Waals surface area contributed by atoms with Crippen LogP contribution in [-0.2, 0) is 4.79 Å². The van der Waals surface area contributed by atoms with Crippen molar-refractivity contribution < 1.29 is 23.1 Å². The Labute approximate surface area is 80.4 Å². The maximum Gasteiger partial charge on any atom is 0.389 e. The lowest BCUT2D eigenvalue weighted by molar-refractivity contribution is -0.144. The van der Waals surface area contributed by atoms with Gasteiger partial charge in [-0.25, -0.2) is 0 Å². The molecule has 0 spiro atoms. The molecule has 0 aromatic rings. The molecule has 82 valence electrons. The Morgan fingerprint density at radius 1 is 1.50 bits per heavy atom. The summed E-state index contributed by atoms with van der Waals surface area (Å²) < 4.78 is 35.9. The van der Waals surface area contributed by atoms with Crippen molar-refractivity contribution in [2.24, 2.45) is 5.92 Å². The summed E-state index contributed by atoms with van der Waals surface area (Å²) in [6.07, 6.45) is -4.44. The molecule has 0 fully saturated rings. The van der Waals surface area contributed by atoms with E-state index in [1.165, 1.54) is 13.8 Å². The lowest BCUT2D eigenvalue weighted by Gasteiger charge is -2.15. The van der Waals surface area contributed by atoms with Crippen LogP contribution < -0.4 is 0 Å². The van der Waals surface area contributed by atoms with Crippen LogP contribution in [0.4, 0.5) is 13.2 Å². The number of hydrogen-bond donors (Lipinski definition) is 1. The lowest BCUT2D eigenvalue weighted by atomic mass is 9.99. The average Bonchev–Trinajstić information content (AvgIpc) is 1.96. The van der Waals surface area contributed by atoms with Crippen LogP contribution in [0.2, 0.25) is 0 Å². The number of halogens is 3. The number of carbonyl (C=O) groups excluding carboxylic acids is 1. The standard InChI is InChI=1S/C9H13F3O2/c1-3-7(5-9(10,11)12)8(14)4-6(2)13/h4,7,14H,3,5H2,1-2H3/b8-4-. The van der Waals surface area contributed by atoms with E-state index in [-0.39, 0.29) is 6.42 Å². The highest BCUT2D eigenvalue weighted by Gasteiger charge is 2.32. The first-order valence-electron chi connectivity index (χ1n) is 4.24. The number of allylic oxidation sites excluding steroid dienone is 2. The molecule has 0 aliphatic rings. The molecule has 0 amide bonds. The molecule has 2 nitrogen and oxygen atoms in total. The van der Waals surface area contributed by atoms with Crippen molar-refractivity contribution in [3.8, 4) is 0 Å². The van der Waals surface area contributed by atoms with Crippen molar-refractivity contribution in [2.45, 2.75) is 32.9 Å². The number of hydrogen-bond acceptors (Lipinski definition) is 2. The molecular formula is C9H13F3O2. The summed E-state index contributed by atoms with van der Waals surface area (Å²) in [6, 6.07) is 0. The van der Waals surface area contributed by atoms with E-state index in [9.17, 15) is 23.1 Å². The van der Waals surface area contributed by atoms with Gasteiger partial charge in [-0.05, 0) is 13.3 Å². The first-order valence-corrected chi connectivity index (χ1v) is 4.24. The number of carbonyl (C=O) groups is 1. The predicted octanol–water partition coefficient (Wildman–Crippen LogP) is 3.00. The minimum Gasteiger partial charge on any atom is -0.512 e. The number of aliphatic hydroxyl groups excluding tert-OH is 1. The molecule has 0 heterocycles. The van der Waals surface area contributed by atoms with Gasteiger partial charge in [0.15, 0.2) is 5.78 Å². The van der Waals surface area contributed by atoms with E-state index in [4.69, 9.17) is 0 Å². The first kappa shape index (κ1) is 13.0. The van der Waals surface area contributed by atoms with E-state index >= 15 is 0 Å². The highest BCUT2D eigenvalue weighted by atomic mass is 19.4. The van der Waals surface area contributed by atoms with Crippen LogP contribution in [0.3, 0.4) is 0 Å². The van der Waals surface area contributed by atoms with Crippen molar-refractivity contribution >= 4 is 5.78 Å². The lowest BCUT2D eigenvalue weighted by Crippen LogP contribution is -2.16. The van der Waals surface area contributed by atoms with Gasteiger partial charge in [0.1, 0.15) is 0 Å². The van der Waals surface area contributed by atoms with Gasteiger partial charge >= 0.3 is 6.18 Å². The fourth-order valence-corrected chi connectivity index (χ4v) is 1.06. The minimum atomic E-state index is -4.32. The molecule has 0 saturated heterocycles. The maximum absolute atomic E-state index is 12.0. The summed E-state index contributed by atoms with van der Waals surface area (Å²) in [5.41, 5.74) is 0. The Hall–Kier alpha value is -1.00. The van der Waals surface area contributed by atoms with Gasteiger partial charge in [0, 0.05) is 12.0 Å². The van der Waals surface area contributed by atoms with Crippen LogP contribution in [-0.4, -0.2) is 17.1 Å². The zero-order valence-corrected chi connectivity index (χ0v) is 8.06. The van der Waals surface area contributed by atoms with Crippen molar-refractivity contribution in [3.63, 3.8) is 0 Å². The zero-order valence-electron chi connectivity index (χ0n) is 8.06. The third kappa shape index (κ3) is 5.61. The summed E-state index contributed by atoms with van der Waals surface area (Å²) in [5, 5.41) is 9.18. The molecule has 0 radical (unpaired) electrons. The Bertz CT molecular complexity index is 231. The quantitative estimate of drug-likeness (QED) is 0.572. The van der Waals surface area contributed by atoms with E-state index in [0.717, 1.165) is 6.08 Å². The van der Waals surface area contributed by atoms with Crippen molar-refractivity contribution in [1.29, 1.82) is 0 Å². The van der Waals surface area contributed by atoms with Gasteiger partial charge in [0.2, 0.25) is 0 Å². The smallest absolute Gasteiger partial charge is 0.389 e. The number of alkyl halides is 3. The molecule has 1 atom stereocenters. The molecule has 5 heteroatoms. The summed E-state index contributed by atoms with van der Waals surface area (Å²) >= 11 is 0. The molecule has 0 aromatic carbocycles. The highest BCUT2D eigenvalue weighted by Crippen LogP contribution is 2.29. The largest absolute Gasteiger partial charge is 0.512 e. The van der Waals surface area contributed by atoms with Crippen molar-refractivity contribution in [2.75, 3.05) is 0 Å². The molecule has 0 aromatic heterocycles. The van der Waals surface area contributed by atoms with Crippen molar-refractivity contribution in [3.05, 3.63) is 11.8 Å². The number of rotatable bonds is 4. The third-order valence-corrected chi connectivity index (χ3v) is 1.74. The molecule has 0 bridgehead atoms. The van der Waals surface area contributed by atoms with Crippen LogP contribution >= 0.6 is 0 Å². The van der Waals surface area contributed by atoms with Gasteiger partial charge in [-0.15, -0.1) is 0 Å². The molecule has 0 aliphatic heterocycles. The number of aliphatic hydroxyl groups is 1. The van der Waals surface area contributed by atoms with E-state index in [2.05, 4.69) is 0 Å². The second-order valence-corrected chi connectivity index (χ2v) is 3.10. The first-order chi connectivity index (χ1) is 6.26. The Morgan fingerprint density at radius 3 is 2.29 bits per heavy atom. The fourth-order valence-electron chi connectivity index (χ4n) is 1.06. The molecule has 14 heavy (non-hydrogen) atoms. The van der Waals surface area contributed by atoms with Crippen LogP contribution in [0.25, 0.3) is 0 Å². The third-order valence-electron chi connectivity index (χ3n) is 1.74. The second-order valence-electron chi connectivity index (χ2n) is 3.10. The van der Waals surface area contributed by atoms with Crippen LogP contribution in [0, 0.1) is 5.92 Å². The minimum absolute atomic E-state index is 0.148. The number of ketones is 1. The normalized spacial score (nSPS) is 15.4. The van der Waals surface area contributed by atoms with Crippen LogP contribution in [0.1, 0.15) is 26.7 Å². The Balaban J connectivity index is 4.49. The van der Waals surface area contributed by atoms with Gasteiger partial charge in [-0.1, -0.05) is 6.92 Å². The highest BCUT2D eigenvalue weighted by molar-refractivity contribution is 5.87. The topological polar surface area (TPSA) is 37.3 Å². The monoisotopic (exact) mass is 210 g/mol. The van der Waals surface area contributed by atoms with Crippen LogP contribution in [0.5, 0.6) is 0 Å². The summed E-state index contributed by atoms with van der Waals surface area (Å²) in [7, 11) is 0. The van der Waals surface area contributed by atoms with Crippen LogP contribution in [0.15, 0.2) is 11.8 Å². The fraction of sp³-hybridized carbons (Fsp3) is 0.667. The zero-order chi connectivity index (χ0) is 11.4. The Morgan fingerprint density at radius 2 is 2.00 bits per heavy atom. The van der Waals surface area contributed by atoms with Gasteiger partial charge in [0.05, 0.1) is 12.2 Å². The second kappa shape index (κ2) is 5.02. The van der Waals surface area contributed by atoms with E-state index in [1.807, 2.05) is 0 Å². The maximum atomic E-state index is 12.0. The summed E-state index contributed by atoms with van der Waals surface area (Å²) in [5.74, 6) is -1.96. The van der Waals surface area contributed by atoms with E-state index in [1.54, 1.807) is 0 Å². The SMILES string of the molecule is CCC(CC(F)(F)F)/C(O)=C/C(C)=O. The summed E-state index contributed by atoms with van der Waals surface area (Å²) in [6.45, 7) is 2.71. The van der Waals surface area contributed by atoms with Gasteiger partial charge < -0.3 is 5.11 Å². The molecule has 1 N–H and O–H groups in total. The van der Waals surface area contributed by atoms with Crippen molar-refractivity contribution in [1.82, 2.24) is 0 Å². The van der Waals surface area contributed by atoms with Gasteiger partial charge in [-0.2, -0.15) is 13.2 Å². The molecule has 0 aliphatic carbocycles. The van der Waals surface area contributed by atoms with Gasteiger partial charge in [-0.3, -0.25) is 4.79 Å². The van der Waals surface area contributed by atoms with Gasteiger partial charge in [0.25, 0.3) is 0 Å². The average molecular weight is 210 g/mol. The molecule has 0 rings (SSSR count). The Kier molecular flexibility index (Phi) is 4.67. The van der Waals surface area contributed by atoms with E-state index < -0.39 is 30.1 Å². The molecule has 0 saturated carbocycles. The summed E-state index contributed by atoms with van der Waals surface area (Å²) in [4.78, 5) is 10.5. The van der Waals surface area contributed by atoms with E-state index in [0.29, 0.717) is 0 Å². The molecule has 1 unspecified atom stereocenters. The molecular weight excluding hydrogens is 197 g/mol. The predicted molar refractivity (Wildman–Crippen MR) is 45.8 cm³/mol.